The Balaban J connectivity index is 1.41. The van der Waals surface area contributed by atoms with Gasteiger partial charge in [0.05, 0.1) is 11.1 Å². The Bertz CT molecular complexity index is 1230. The van der Waals surface area contributed by atoms with Crippen LogP contribution in [0.2, 0.25) is 0 Å². The van der Waals surface area contributed by atoms with Crippen LogP contribution in [0.4, 0.5) is 4.39 Å². The molecule has 31 heavy (non-hydrogen) atoms. The Morgan fingerprint density at radius 1 is 1.19 bits per heavy atom. The van der Waals surface area contributed by atoms with Gasteiger partial charge < -0.3 is 14.4 Å². The van der Waals surface area contributed by atoms with E-state index in [9.17, 15) is 9.90 Å². The van der Waals surface area contributed by atoms with Gasteiger partial charge in [0.1, 0.15) is 18.0 Å². The van der Waals surface area contributed by atoms with Crippen molar-refractivity contribution < 1.29 is 14.2 Å². The number of halogens is 1. The summed E-state index contributed by atoms with van der Waals surface area (Å²) in [5, 5.41) is 19.9. The van der Waals surface area contributed by atoms with E-state index in [1.54, 1.807) is 31.4 Å². The highest BCUT2D eigenvalue weighted by atomic mass is 19.1. The monoisotopic (exact) mass is 423 g/mol. The van der Waals surface area contributed by atoms with Crippen LogP contribution in [0.15, 0.2) is 41.3 Å². The van der Waals surface area contributed by atoms with Crippen molar-refractivity contribution in [2.24, 2.45) is 17.9 Å². The highest BCUT2D eigenvalue weighted by Crippen LogP contribution is 2.59. The molecule has 2 saturated carbocycles. The largest absolute Gasteiger partial charge is 0.507 e. The lowest BCUT2D eigenvalue weighted by atomic mass is 9.68. The van der Waals surface area contributed by atoms with E-state index in [0.29, 0.717) is 28.5 Å². The highest BCUT2D eigenvalue weighted by Gasteiger charge is 2.56. The number of ether oxygens (including phenoxy) is 1. The Morgan fingerprint density at radius 3 is 2.74 bits per heavy atom. The van der Waals surface area contributed by atoms with Crippen molar-refractivity contribution in [3.05, 3.63) is 46.9 Å². The number of phenolic OH excluding ortho intramolecular Hbond substituents is 1. The Hall–Kier alpha value is -2.96. The second-order valence-electron chi connectivity index (χ2n) is 9.85. The van der Waals surface area contributed by atoms with Gasteiger partial charge in [-0.05, 0) is 60.7 Å². The number of aryl methyl sites for hydroxylation is 1. The lowest BCUT2D eigenvalue weighted by Crippen LogP contribution is -2.46. The molecule has 5 rings (SSSR count). The zero-order chi connectivity index (χ0) is 22.0. The van der Waals surface area contributed by atoms with Crippen LogP contribution in [0, 0.1) is 10.8 Å². The minimum atomic E-state index is -1.03. The third kappa shape index (κ3) is 3.27. The molecule has 2 aliphatic rings. The highest BCUT2D eigenvalue weighted by molar-refractivity contribution is 5.89. The molecule has 2 aliphatic carbocycles. The molecule has 0 radical (unpaired) electrons. The van der Waals surface area contributed by atoms with Gasteiger partial charge in [0.15, 0.2) is 0 Å². The van der Waals surface area contributed by atoms with Crippen molar-refractivity contribution >= 4 is 10.8 Å². The molecular weight excluding hydrogens is 397 g/mol. The van der Waals surface area contributed by atoms with Crippen LogP contribution in [0.1, 0.15) is 39.5 Å². The summed E-state index contributed by atoms with van der Waals surface area (Å²) in [4.78, 5) is 12.3. The molecule has 3 aromatic rings. The topological polar surface area (TPSA) is 77.2 Å². The molecule has 0 spiro atoms. The molecular formula is C24H26FN3O3. The van der Waals surface area contributed by atoms with Gasteiger partial charge in [-0.2, -0.15) is 0 Å². The molecule has 0 amide bonds. The van der Waals surface area contributed by atoms with Gasteiger partial charge in [-0.25, -0.2) is 4.39 Å². The third-order valence-corrected chi connectivity index (χ3v) is 7.20. The first-order chi connectivity index (χ1) is 14.7. The van der Waals surface area contributed by atoms with E-state index in [2.05, 4.69) is 17.1 Å². The molecule has 1 N–H and O–H groups in total. The van der Waals surface area contributed by atoms with Crippen LogP contribution in [-0.4, -0.2) is 32.1 Å². The lowest BCUT2D eigenvalue weighted by molar-refractivity contribution is -0.0432. The van der Waals surface area contributed by atoms with E-state index in [-0.39, 0.29) is 28.0 Å². The maximum atomic E-state index is 15.2. The van der Waals surface area contributed by atoms with Gasteiger partial charge in [0, 0.05) is 30.3 Å². The number of pyridine rings is 1. The molecule has 2 fully saturated rings. The molecule has 0 unspecified atom stereocenters. The van der Waals surface area contributed by atoms with E-state index in [4.69, 9.17) is 4.74 Å². The molecule has 7 heteroatoms. The quantitative estimate of drug-likeness (QED) is 0.676. The SMILES string of the molecule is Cn1ccc2cc(-c3ccc(O[C@@H]4C[C@@]5(C)CC[C@](C)(C5)[C@@H]4F)nn3)c(O)cc2c1=O. The van der Waals surface area contributed by atoms with Gasteiger partial charge in [-0.1, -0.05) is 13.8 Å². The van der Waals surface area contributed by atoms with E-state index >= 15 is 4.39 Å². The molecule has 0 aliphatic heterocycles. The minimum Gasteiger partial charge on any atom is -0.507 e. The summed E-state index contributed by atoms with van der Waals surface area (Å²) in [6, 6.07) is 8.33. The summed E-state index contributed by atoms with van der Waals surface area (Å²) in [6.07, 6.45) is 3.61. The number of aromatic hydroxyl groups is 1. The second kappa shape index (κ2) is 6.77. The summed E-state index contributed by atoms with van der Waals surface area (Å²) in [7, 11) is 1.66. The zero-order valence-corrected chi connectivity index (χ0v) is 17.9. The van der Waals surface area contributed by atoms with Crippen LogP contribution in [-0.2, 0) is 7.05 Å². The first-order valence-electron chi connectivity index (χ1n) is 10.6. The van der Waals surface area contributed by atoms with Crippen LogP contribution >= 0.6 is 0 Å². The first kappa shape index (κ1) is 20.0. The Morgan fingerprint density at radius 2 is 2.00 bits per heavy atom. The number of nitrogens with zero attached hydrogens (tertiary/aromatic N) is 3. The smallest absolute Gasteiger partial charge is 0.258 e. The maximum absolute atomic E-state index is 15.2. The average Bonchev–Trinajstić information content (AvgIpc) is 3.02. The fraction of sp³-hybridized carbons (Fsp3) is 0.458. The number of hydrogen-bond acceptors (Lipinski definition) is 5. The van der Waals surface area contributed by atoms with Crippen LogP contribution in [0.3, 0.4) is 0 Å². The zero-order valence-electron chi connectivity index (χ0n) is 17.9. The fourth-order valence-electron chi connectivity index (χ4n) is 5.55. The molecule has 1 aromatic carbocycles. The number of benzene rings is 1. The number of aromatic nitrogens is 3. The molecule has 162 valence electrons. The van der Waals surface area contributed by atoms with Crippen molar-refractivity contribution in [3.8, 4) is 22.9 Å². The number of phenols is 1. The van der Waals surface area contributed by atoms with E-state index in [0.717, 1.165) is 19.3 Å². The molecule has 6 nitrogen and oxygen atoms in total. The first-order valence-corrected chi connectivity index (χ1v) is 10.6. The van der Waals surface area contributed by atoms with Gasteiger partial charge in [0.25, 0.3) is 5.56 Å². The van der Waals surface area contributed by atoms with Crippen molar-refractivity contribution in [1.82, 2.24) is 14.8 Å². The van der Waals surface area contributed by atoms with Crippen LogP contribution < -0.4 is 10.3 Å². The number of fused-ring (bicyclic) bond motifs is 3. The van der Waals surface area contributed by atoms with Gasteiger partial charge in [0.2, 0.25) is 5.88 Å². The standard InChI is InChI=1S/C24H26FN3O3/c1-23-7-8-24(2,13-23)21(25)19(12-23)31-20-5-4-17(26-27-20)16-10-14-6-9-28(3)22(30)15(14)11-18(16)29/h4-6,9-11,19,21,29H,7-8,12-13H2,1-3H3/t19-,21-,23-,24-/m1/s1. The summed E-state index contributed by atoms with van der Waals surface area (Å²) in [6.45, 7) is 4.23. The molecule has 2 bridgehead atoms. The number of rotatable bonds is 3. The molecule has 0 saturated heterocycles. The van der Waals surface area contributed by atoms with Crippen molar-refractivity contribution in [3.63, 3.8) is 0 Å². The van der Waals surface area contributed by atoms with Crippen molar-refractivity contribution in [2.45, 2.75) is 51.8 Å². The molecule has 2 heterocycles. The summed E-state index contributed by atoms with van der Waals surface area (Å²) < 4.78 is 22.6. The molecule has 4 atom stereocenters. The minimum absolute atomic E-state index is 0.0488. The predicted molar refractivity (Wildman–Crippen MR) is 116 cm³/mol. The van der Waals surface area contributed by atoms with Crippen LogP contribution in [0.5, 0.6) is 11.6 Å². The Kier molecular flexibility index (Phi) is 4.36. The number of alkyl halides is 1. The fourth-order valence-corrected chi connectivity index (χ4v) is 5.55. The number of hydrogen-bond donors (Lipinski definition) is 1. The summed E-state index contributed by atoms with van der Waals surface area (Å²) in [5.41, 5.74) is 0.520. The second-order valence-corrected chi connectivity index (χ2v) is 9.85. The van der Waals surface area contributed by atoms with E-state index in [1.165, 1.54) is 10.6 Å². The normalized spacial score (nSPS) is 29.9. The van der Waals surface area contributed by atoms with Gasteiger partial charge in [-0.3, -0.25) is 4.79 Å². The van der Waals surface area contributed by atoms with Gasteiger partial charge >= 0.3 is 0 Å². The van der Waals surface area contributed by atoms with E-state index in [1.807, 2.05) is 13.0 Å². The maximum Gasteiger partial charge on any atom is 0.258 e. The summed E-state index contributed by atoms with van der Waals surface area (Å²) in [5.74, 6) is 0.228. The Labute approximate surface area is 179 Å². The predicted octanol–water partition coefficient (Wildman–Crippen LogP) is 4.39. The van der Waals surface area contributed by atoms with Crippen molar-refractivity contribution in [1.29, 1.82) is 0 Å². The van der Waals surface area contributed by atoms with Crippen LogP contribution in [0.25, 0.3) is 22.0 Å². The third-order valence-electron chi connectivity index (χ3n) is 7.20. The average molecular weight is 423 g/mol. The lowest BCUT2D eigenvalue weighted by Gasteiger charge is -2.42. The summed E-state index contributed by atoms with van der Waals surface area (Å²) >= 11 is 0. The molecule has 2 aromatic heterocycles. The van der Waals surface area contributed by atoms with Crippen molar-refractivity contribution in [2.75, 3.05) is 0 Å². The van der Waals surface area contributed by atoms with Gasteiger partial charge in [-0.15, -0.1) is 10.2 Å². The van der Waals surface area contributed by atoms with E-state index < -0.39 is 12.3 Å².